The molecule has 1 aromatic rings. The average molecular weight is 305 g/mol. The first-order valence-electron chi connectivity index (χ1n) is 8.47. The number of H-pyrrole nitrogens is 1. The molecule has 2 atom stereocenters. The van der Waals surface area contributed by atoms with Crippen LogP contribution in [0.2, 0.25) is 0 Å². The van der Waals surface area contributed by atoms with Crippen molar-refractivity contribution in [1.82, 2.24) is 15.1 Å². The monoisotopic (exact) mass is 305 g/mol. The standard InChI is InChI=1S/C17H27N3O2/c1-11(16-12(2)18-19-13(16)3)17(21)20-7-8-22-10-15(20)9-14-5-4-6-14/h11,14-15H,4-10H2,1-3H3,(H,18,19). The summed E-state index contributed by atoms with van der Waals surface area (Å²) in [6.45, 7) is 8.03. The van der Waals surface area contributed by atoms with Crippen LogP contribution in [-0.2, 0) is 9.53 Å². The number of nitrogens with one attached hydrogen (secondary N) is 1. The van der Waals surface area contributed by atoms with Crippen LogP contribution in [0.3, 0.4) is 0 Å². The lowest BCUT2D eigenvalue weighted by atomic mass is 9.80. The highest BCUT2D eigenvalue weighted by molar-refractivity contribution is 5.84. The minimum Gasteiger partial charge on any atom is -0.377 e. The van der Waals surface area contributed by atoms with Crippen molar-refractivity contribution in [2.24, 2.45) is 5.92 Å². The minimum absolute atomic E-state index is 0.138. The first kappa shape index (κ1) is 15.5. The van der Waals surface area contributed by atoms with Crippen molar-refractivity contribution in [3.8, 4) is 0 Å². The van der Waals surface area contributed by atoms with Gasteiger partial charge in [-0.1, -0.05) is 19.3 Å². The summed E-state index contributed by atoms with van der Waals surface area (Å²) in [7, 11) is 0. The number of amides is 1. The third-order valence-corrected chi connectivity index (χ3v) is 5.33. The van der Waals surface area contributed by atoms with Crippen molar-refractivity contribution in [1.29, 1.82) is 0 Å². The Bertz CT molecular complexity index is 517. The second kappa shape index (κ2) is 6.41. The van der Waals surface area contributed by atoms with E-state index in [2.05, 4.69) is 15.1 Å². The summed E-state index contributed by atoms with van der Waals surface area (Å²) in [5.74, 6) is 0.871. The van der Waals surface area contributed by atoms with Crippen LogP contribution in [0.25, 0.3) is 0 Å². The zero-order valence-electron chi connectivity index (χ0n) is 13.9. The SMILES string of the molecule is Cc1n[nH]c(C)c1C(C)C(=O)N1CCOCC1CC1CCC1. The van der Waals surface area contributed by atoms with E-state index in [1.54, 1.807) is 0 Å². The van der Waals surface area contributed by atoms with E-state index in [4.69, 9.17) is 4.74 Å². The van der Waals surface area contributed by atoms with Crippen LogP contribution in [0, 0.1) is 19.8 Å². The molecule has 1 saturated carbocycles. The molecule has 2 heterocycles. The molecule has 1 aliphatic heterocycles. The van der Waals surface area contributed by atoms with E-state index < -0.39 is 0 Å². The van der Waals surface area contributed by atoms with Gasteiger partial charge in [0.1, 0.15) is 0 Å². The number of hydrogen-bond donors (Lipinski definition) is 1. The van der Waals surface area contributed by atoms with E-state index in [-0.39, 0.29) is 17.9 Å². The molecule has 2 fully saturated rings. The van der Waals surface area contributed by atoms with Crippen molar-refractivity contribution >= 4 is 5.91 Å². The number of aryl methyl sites for hydroxylation is 2. The summed E-state index contributed by atoms with van der Waals surface area (Å²) >= 11 is 0. The summed E-state index contributed by atoms with van der Waals surface area (Å²) in [5.41, 5.74) is 2.99. The Morgan fingerprint density at radius 3 is 2.82 bits per heavy atom. The zero-order chi connectivity index (χ0) is 15.7. The van der Waals surface area contributed by atoms with Gasteiger partial charge in [-0.3, -0.25) is 9.89 Å². The van der Waals surface area contributed by atoms with Gasteiger partial charge in [0.2, 0.25) is 5.91 Å². The Balaban J connectivity index is 1.73. The van der Waals surface area contributed by atoms with E-state index in [0.717, 1.165) is 35.8 Å². The molecule has 1 aliphatic carbocycles. The van der Waals surface area contributed by atoms with Crippen LogP contribution in [0.1, 0.15) is 55.5 Å². The number of ether oxygens (including phenoxy) is 1. The molecular formula is C17H27N3O2. The van der Waals surface area contributed by atoms with Gasteiger partial charge in [-0.05, 0) is 33.1 Å². The Kier molecular flexibility index (Phi) is 4.52. The molecule has 122 valence electrons. The van der Waals surface area contributed by atoms with Crippen molar-refractivity contribution in [3.05, 3.63) is 17.0 Å². The fourth-order valence-electron chi connectivity index (χ4n) is 3.82. The van der Waals surface area contributed by atoms with Crippen LogP contribution in [0.5, 0.6) is 0 Å². The quantitative estimate of drug-likeness (QED) is 0.930. The molecule has 3 rings (SSSR count). The topological polar surface area (TPSA) is 58.2 Å². The van der Waals surface area contributed by atoms with Crippen LogP contribution in [-0.4, -0.2) is 46.8 Å². The lowest BCUT2D eigenvalue weighted by molar-refractivity contribution is -0.142. The smallest absolute Gasteiger partial charge is 0.230 e. The molecule has 1 saturated heterocycles. The molecule has 0 radical (unpaired) electrons. The normalized spacial score (nSPS) is 24.1. The highest BCUT2D eigenvalue weighted by Gasteiger charge is 2.34. The molecule has 1 aromatic heterocycles. The maximum Gasteiger partial charge on any atom is 0.230 e. The highest BCUT2D eigenvalue weighted by Crippen LogP contribution is 2.33. The summed E-state index contributed by atoms with van der Waals surface area (Å²) < 4.78 is 5.64. The van der Waals surface area contributed by atoms with Crippen LogP contribution < -0.4 is 0 Å². The second-order valence-electron chi connectivity index (χ2n) is 6.86. The lowest BCUT2D eigenvalue weighted by Crippen LogP contribution is -2.51. The highest BCUT2D eigenvalue weighted by atomic mass is 16.5. The Hall–Kier alpha value is -1.36. The Labute approximate surface area is 132 Å². The van der Waals surface area contributed by atoms with Gasteiger partial charge in [0.15, 0.2) is 0 Å². The van der Waals surface area contributed by atoms with E-state index in [1.165, 1.54) is 19.3 Å². The van der Waals surface area contributed by atoms with Crippen molar-refractivity contribution < 1.29 is 9.53 Å². The van der Waals surface area contributed by atoms with Gasteiger partial charge in [0.25, 0.3) is 0 Å². The van der Waals surface area contributed by atoms with E-state index >= 15 is 0 Å². The van der Waals surface area contributed by atoms with Gasteiger partial charge in [-0.2, -0.15) is 5.10 Å². The van der Waals surface area contributed by atoms with Gasteiger partial charge in [0, 0.05) is 17.8 Å². The lowest BCUT2D eigenvalue weighted by Gasteiger charge is -2.40. The zero-order valence-corrected chi connectivity index (χ0v) is 13.9. The van der Waals surface area contributed by atoms with E-state index in [9.17, 15) is 4.79 Å². The van der Waals surface area contributed by atoms with Crippen LogP contribution >= 0.6 is 0 Å². The fourth-order valence-corrected chi connectivity index (χ4v) is 3.82. The number of carbonyl (C=O) groups excluding carboxylic acids is 1. The number of hydrogen-bond acceptors (Lipinski definition) is 3. The number of carbonyl (C=O) groups is 1. The van der Waals surface area contributed by atoms with Crippen LogP contribution in [0.4, 0.5) is 0 Å². The van der Waals surface area contributed by atoms with Crippen LogP contribution in [0.15, 0.2) is 0 Å². The molecule has 1 N–H and O–H groups in total. The van der Waals surface area contributed by atoms with E-state index in [0.29, 0.717) is 13.2 Å². The molecule has 5 nitrogen and oxygen atoms in total. The molecule has 22 heavy (non-hydrogen) atoms. The summed E-state index contributed by atoms with van der Waals surface area (Å²) in [4.78, 5) is 15.1. The molecule has 1 amide bonds. The van der Waals surface area contributed by atoms with Gasteiger partial charge in [-0.25, -0.2) is 0 Å². The fraction of sp³-hybridized carbons (Fsp3) is 0.765. The molecule has 0 spiro atoms. The first-order chi connectivity index (χ1) is 10.6. The third-order valence-electron chi connectivity index (χ3n) is 5.33. The van der Waals surface area contributed by atoms with Crippen molar-refractivity contribution in [3.63, 3.8) is 0 Å². The number of morpholine rings is 1. The minimum atomic E-state index is -0.138. The maximum atomic E-state index is 13.0. The van der Waals surface area contributed by atoms with E-state index in [1.807, 2.05) is 20.8 Å². The first-order valence-corrected chi connectivity index (χ1v) is 8.47. The molecular weight excluding hydrogens is 278 g/mol. The summed E-state index contributed by atoms with van der Waals surface area (Å²) in [6.07, 6.45) is 5.07. The average Bonchev–Trinajstić information content (AvgIpc) is 2.81. The summed E-state index contributed by atoms with van der Waals surface area (Å²) in [5, 5.41) is 7.23. The largest absolute Gasteiger partial charge is 0.377 e. The molecule has 2 aliphatic rings. The van der Waals surface area contributed by atoms with Gasteiger partial charge >= 0.3 is 0 Å². The van der Waals surface area contributed by atoms with Crippen molar-refractivity contribution in [2.75, 3.05) is 19.8 Å². The summed E-state index contributed by atoms with van der Waals surface area (Å²) in [6, 6.07) is 0.251. The predicted octanol–water partition coefficient (Wildman–Crippen LogP) is 2.55. The van der Waals surface area contributed by atoms with Crippen molar-refractivity contribution in [2.45, 2.75) is 58.4 Å². The van der Waals surface area contributed by atoms with Gasteiger partial charge < -0.3 is 9.64 Å². The molecule has 0 aromatic carbocycles. The third kappa shape index (κ3) is 2.91. The molecule has 0 bridgehead atoms. The Morgan fingerprint density at radius 1 is 1.45 bits per heavy atom. The number of aromatic amines is 1. The Morgan fingerprint density at radius 2 is 2.23 bits per heavy atom. The van der Waals surface area contributed by atoms with Gasteiger partial charge in [-0.15, -0.1) is 0 Å². The predicted molar refractivity (Wildman–Crippen MR) is 84.8 cm³/mol. The number of aromatic nitrogens is 2. The second-order valence-corrected chi connectivity index (χ2v) is 6.86. The maximum absolute atomic E-state index is 13.0. The van der Waals surface area contributed by atoms with Gasteiger partial charge in [0.05, 0.1) is 30.9 Å². The molecule has 5 heteroatoms. The molecule has 2 unspecified atom stereocenters. The number of nitrogens with zero attached hydrogens (tertiary/aromatic N) is 2. The number of rotatable bonds is 4.